The number of azide groups is 1. The summed E-state index contributed by atoms with van der Waals surface area (Å²) in [6.45, 7) is 7.28. The third-order valence-corrected chi connectivity index (χ3v) is 3.29. The van der Waals surface area contributed by atoms with Crippen molar-refractivity contribution in [1.82, 2.24) is 0 Å². The Hall–Kier alpha value is -2.32. The largest absolute Gasteiger partial charge is 0.463 e. The van der Waals surface area contributed by atoms with Crippen LogP contribution in [0.3, 0.4) is 0 Å². The molecule has 1 aliphatic heterocycles. The van der Waals surface area contributed by atoms with Crippen molar-refractivity contribution >= 4 is 17.9 Å². The maximum atomic E-state index is 12.2. The summed E-state index contributed by atoms with van der Waals surface area (Å²) < 4.78 is 20.9. The first-order valence-electron chi connectivity index (χ1n) is 7.76. The maximum absolute atomic E-state index is 12.2. The molecule has 0 aromatic carbocycles. The van der Waals surface area contributed by atoms with Crippen molar-refractivity contribution in [3.8, 4) is 0 Å². The second-order valence-electron chi connectivity index (χ2n) is 6.67. The Morgan fingerprint density at radius 1 is 1.20 bits per heavy atom. The Bertz CT molecular complexity index is 566. The molecule has 0 saturated carbocycles. The van der Waals surface area contributed by atoms with Crippen LogP contribution in [0.4, 0.5) is 0 Å². The predicted molar refractivity (Wildman–Crippen MR) is 83.9 cm³/mol. The first kappa shape index (κ1) is 20.7. The minimum absolute atomic E-state index is 0.107. The van der Waals surface area contributed by atoms with Crippen molar-refractivity contribution in [2.24, 2.45) is 10.5 Å². The van der Waals surface area contributed by atoms with E-state index in [4.69, 9.17) is 24.5 Å². The van der Waals surface area contributed by atoms with Gasteiger partial charge in [-0.1, -0.05) is 5.11 Å². The van der Waals surface area contributed by atoms with Crippen molar-refractivity contribution in [1.29, 1.82) is 0 Å². The van der Waals surface area contributed by atoms with Crippen LogP contribution in [-0.2, 0) is 33.3 Å². The monoisotopic (exact) mass is 357 g/mol. The van der Waals surface area contributed by atoms with Gasteiger partial charge in [-0.15, -0.1) is 0 Å². The molecule has 0 N–H and O–H groups in total. The molecule has 1 saturated heterocycles. The fourth-order valence-corrected chi connectivity index (χ4v) is 2.10. The third-order valence-electron chi connectivity index (χ3n) is 3.29. The molecule has 10 heteroatoms. The molecule has 0 aliphatic carbocycles. The summed E-state index contributed by atoms with van der Waals surface area (Å²) in [5.74, 6) is -1.72. The summed E-state index contributed by atoms with van der Waals surface area (Å²) >= 11 is 0. The van der Waals surface area contributed by atoms with Gasteiger partial charge in [0.15, 0.2) is 6.10 Å². The summed E-state index contributed by atoms with van der Waals surface area (Å²) in [6, 6.07) is -0.838. The number of hydrogen-bond donors (Lipinski definition) is 0. The number of rotatable bonds is 5. The van der Waals surface area contributed by atoms with Crippen LogP contribution in [0.25, 0.3) is 10.4 Å². The van der Waals surface area contributed by atoms with Crippen molar-refractivity contribution in [3.05, 3.63) is 10.4 Å². The fraction of sp³-hybridized carbons (Fsp3) is 0.800. The van der Waals surface area contributed by atoms with E-state index in [-0.39, 0.29) is 13.0 Å². The van der Waals surface area contributed by atoms with Crippen LogP contribution in [0.5, 0.6) is 0 Å². The van der Waals surface area contributed by atoms with Gasteiger partial charge in [-0.25, -0.2) is 0 Å². The molecular weight excluding hydrogens is 334 g/mol. The van der Waals surface area contributed by atoms with Crippen molar-refractivity contribution in [3.63, 3.8) is 0 Å². The van der Waals surface area contributed by atoms with E-state index in [9.17, 15) is 14.4 Å². The molecule has 10 nitrogen and oxygen atoms in total. The second kappa shape index (κ2) is 8.68. The molecule has 1 fully saturated rings. The normalized spacial score (nSPS) is 26.1. The molecule has 0 radical (unpaired) electrons. The molecule has 25 heavy (non-hydrogen) atoms. The first-order chi connectivity index (χ1) is 11.5. The Morgan fingerprint density at radius 2 is 1.84 bits per heavy atom. The molecule has 1 heterocycles. The Kier molecular flexibility index (Phi) is 7.20. The molecular formula is C15H23N3O7. The summed E-state index contributed by atoms with van der Waals surface area (Å²) in [4.78, 5) is 37.2. The highest BCUT2D eigenvalue weighted by molar-refractivity contribution is 5.75. The highest BCUT2D eigenvalue weighted by atomic mass is 16.7. The van der Waals surface area contributed by atoms with E-state index in [0.29, 0.717) is 0 Å². The molecule has 0 amide bonds. The fourth-order valence-electron chi connectivity index (χ4n) is 2.10. The number of carbonyl (C=O) groups is 3. The zero-order valence-electron chi connectivity index (χ0n) is 14.9. The van der Waals surface area contributed by atoms with Gasteiger partial charge in [-0.3, -0.25) is 14.4 Å². The van der Waals surface area contributed by atoms with Gasteiger partial charge in [0.2, 0.25) is 6.29 Å². The lowest BCUT2D eigenvalue weighted by Crippen LogP contribution is -2.53. The van der Waals surface area contributed by atoms with Crippen LogP contribution in [-0.4, -0.2) is 49.1 Å². The second-order valence-corrected chi connectivity index (χ2v) is 6.67. The smallest absolute Gasteiger partial charge is 0.311 e. The highest BCUT2D eigenvalue weighted by Gasteiger charge is 2.44. The first-order valence-corrected chi connectivity index (χ1v) is 7.76. The van der Waals surface area contributed by atoms with Gasteiger partial charge < -0.3 is 18.9 Å². The number of hydrogen-bond acceptors (Lipinski definition) is 8. The minimum Gasteiger partial charge on any atom is -0.463 e. The number of nitrogens with zero attached hydrogens (tertiary/aromatic N) is 3. The van der Waals surface area contributed by atoms with Gasteiger partial charge in [0.25, 0.3) is 0 Å². The van der Waals surface area contributed by atoms with Crippen LogP contribution in [0.2, 0.25) is 0 Å². The number of ether oxygens (including phenoxy) is 4. The standard InChI is InChI=1S/C15H23N3O7/c1-8(19)22-7-10-6-11(17-18-16)12(13(24-10)23-9(2)20)25-14(21)15(3,4)5/h10-13H,6-7H2,1-5H3/t10-,11-,12+,13+/m0/s1. The van der Waals surface area contributed by atoms with Gasteiger partial charge in [-0.05, 0) is 32.7 Å². The third kappa shape index (κ3) is 6.60. The van der Waals surface area contributed by atoms with Crippen LogP contribution >= 0.6 is 0 Å². The van der Waals surface area contributed by atoms with Gasteiger partial charge in [0.05, 0.1) is 17.6 Å². The molecule has 0 aromatic heterocycles. The number of esters is 3. The maximum Gasteiger partial charge on any atom is 0.311 e. The molecule has 1 rings (SSSR count). The summed E-state index contributed by atoms with van der Waals surface area (Å²) in [5, 5.41) is 3.63. The average Bonchev–Trinajstić information content (AvgIpc) is 2.46. The van der Waals surface area contributed by atoms with Crippen LogP contribution in [0, 0.1) is 5.41 Å². The molecule has 0 unspecified atom stereocenters. The van der Waals surface area contributed by atoms with E-state index < -0.39 is 47.9 Å². The van der Waals surface area contributed by atoms with E-state index in [2.05, 4.69) is 10.0 Å². The van der Waals surface area contributed by atoms with Crippen LogP contribution in [0.15, 0.2) is 5.11 Å². The number of carbonyl (C=O) groups excluding carboxylic acids is 3. The van der Waals surface area contributed by atoms with E-state index >= 15 is 0 Å². The molecule has 4 atom stereocenters. The highest BCUT2D eigenvalue weighted by Crippen LogP contribution is 2.29. The average molecular weight is 357 g/mol. The zero-order valence-corrected chi connectivity index (χ0v) is 14.9. The van der Waals surface area contributed by atoms with Crippen LogP contribution < -0.4 is 0 Å². The Morgan fingerprint density at radius 3 is 2.32 bits per heavy atom. The molecule has 1 aliphatic rings. The van der Waals surface area contributed by atoms with E-state index in [1.54, 1.807) is 20.8 Å². The molecule has 0 aromatic rings. The van der Waals surface area contributed by atoms with E-state index in [1.165, 1.54) is 13.8 Å². The van der Waals surface area contributed by atoms with E-state index in [1.807, 2.05) is 0 Å². The van der Waals surface area contributed by atoms with Crippen molar-refractivity contribution < 1.29 is 33.3 Å². The lowest BCUT2D eigenvalue weighted by Gasteiger charge is -2.39. The van der Waals surface area contributed by atoms with Crippen LogP contribution in [0.1, 0.15) is 41.0 Å². The molecule has 0 bridgehead atoms. The SMILES string of the molecule is CC(=O)OC[C@@H]1C[C@H](N=[N+]=[N-])[C@@H](OC(=O)C(C)(C)C)[C@H](OC(C)=O)O1. The van der Waals surface area contributed by atoms with E-state index in [0.717, 1.165) is 0 Å². The quantitative estimate of drug-likeness (QED) is 0.241. The Labute approximate surface area is 145 Å². The van der Waals surface area contributed by atoms with Gasteiger partial charge >= 0.3 is 17.9 Å². The minimum atomic E-state index is -1.27. The molecule has 140 valence electrons. The Balaban J connectivity index is 3.02. The summed E-state index contributed by atoms with van der Waals surface area (Å²) in [5.41, 5.74) is 7.98. The summed E-state index contributed by atoms with van der Waals surface area (Å²) in [6.07, 6.45) is -2.90. The zero-order chi connectivity index (χ0) is 19.2. The van der Waals surface area contributed by atoms with Gasteiger partial charge in [-0.2, -0.15) is 0 Å². The van der Waals surface area contributed by atoms with Gasteiger partial charge in [0, 0.05) is 18.8 Å². The lowest BCUT2D eigenvalue weighted by molar-refractivity contribution is -0.252. The lowest BCUT2D eigenvalue weighted by atomic mass is 9.96. The predicted octanol–water partition coefficient (Wildman–Crippen LogP) is 1.86. The topological polar surface area (TPSA) is 137 Å². The van der Waals surface area contributed by atoms with Crippen molar-refractivity contribution in [2.45, 2.75) is 65.6 Å². The molecule has 0 spiro atoms. The van der Waals surface area contributed by atoms with Crippen molar-refractivity contribution in [2.75, 3.05) is 6.61 Å². The summed E-state index contributed by atoms with van der Waals surface area (Å²) in [7, 11) is 0. The van der Waals surface area contributed by atoms with Gasteiger partial charge in [0.1, 0.15) is 6.61 Å².